The van der Waals surface area contributed by atoms with E-state index in [1.807, 2.05) is 6.07 Å². The highest BCUT2D eigenvalue weighted by molar-refractivity contribution is 5.95. The smallest absolute Gasteiger partial charge is 0.328 e. The Morgan fingerprint density at radius 3 is 2.22 bits per heavy atom. The number of amides is 2. The molecule has 0 unspecified atom stereocenters. The first-order valence-electron chi connectivity index (χ1n) is 10.3. The van der Waals surface area contributed by atoms with Gasteiger partial charge in [-0.1, -0.05) is 48.5 Å². The van der Waals surface area contributed by atoms with E-state index in [9.17, 15) is 19.5 Å². The quantitative estimate of drug-likeness (QED) is 0.365. The molecule has 0 aliphatic heterocycles. The fourth-order valence-corrected chi connectivity index (χ4v) is 3.17. The normalized spacial score (nSPS) is 13.2. The maximum absolute atomic E-state index is 12.8. The number of ether oxygens (including phenoxy) is 1. The number of hydrogen-bond acceptors (Lipinski definition) is 6. The second-order valence-electron chi connectivity index (χ2n) is 7.16. The molecule has 32 heavy (non-hydrogen) atoms. The topological polar surface area (TPSA) is 129 Å². The van der Waals surface area contributed by atoms with Crippen LogP contribution in [0.1, 0.15) is 47.6 Å². The van der Waals surface area contributed by atoms with Gasteiger partial charge in [0.25, 0.3) is 11.8 Å². The Hall–Kier alpha value is -3.70. The highest BCUT2D eigenvalue weighted by atomic mass is 16.5. The van der Waals surface area contributed by atoms with Crippen LogP contribution in [0.25, 0.3) is 0 Å². The summed E-state index contributed by atoms with van der Waals surface area (Å²) in [6.07, 6.45) is 0.0422. The molecule has 0 aliphatic carbocycles. The van der Waals surface area contributed by atoms with Crippen molar-refractivity contribution in [3.8, 4) is 6.07 Å². The third-order valence-corrected chi connectivity index (χ3v) is 4.90. The van der Waals surface area contributed by atoms with Crippen molar-refractivity contribution in [2.24, 2.45) is 0 Å². The van der Waals surface area contributed by atoms with Crippen LogP contribution in [-0.2, 0) is 14.3 Å². The number of carbonyl (C=O) groups is 3. The maximum atomic E-state index is 12.8. The molecule has 0 radical (unpaired) electrons. The van der Waals surface area contributed by atoms with Gasteiger partial charge in [-0.05, 0) is 37.0 Å². The Morgan fingerprint density at radius 2 is 1.62 bits per heavy atom. The van der Waals surface area contributed by atoms with E-state index in [0.29, 0.717) is 30.4 Å². The lowest BCUT2D eigenvalue weighted by Crippen LogP contribution is -2.50. The SMILES string of the molecule is COC(=O)[C@H](CCCCC#N)NC(=O)[C@H](O)[C@@H](NC(=O)c1ccccc1)c1ccccc1. The molecule has 168 valence electrons. The zero-order valence-corrected chi connectivity index (χ0v) is 17.9. The number of unbranched alkanes of at least 4 members (excludes halogenated alkanes) is 2. The summed E-state index contributed by atoms with van der Waals surface area (Å²) in [6.45, 7) is 0. The van der Waals surface area contributed by atoms with Gasteiger partial charge >= 0.3 is 5.97 Å². The molecule has 0 aromatic heterocycles. The number of rotatable bonds is 11. The highest BCUT2D eigenvalue weighted by Gasteiger charge is 2.32. The largest absolute Gasteiger partial charge is 0.467 e. The van der Waals surface area contributed by atoms with Crippen molar-refractivity contribution in [2.45, 2.75) is 43.9 Å². The summed E-state index contributed by atoms with van der Waals surface area (Å²) in [6, 6.07) is 17.1. The van der Waals surface area contributed by atoms with Crippen molar-refractivity contribution < 1.29 is 24.2 Å². The number of carbonyl (C=O) groups excluding carboxylic acids is 3. The average Bonchev–Trinajstić information content (AvgIpc) is 2.84. The maximum Gasteiger partial charge on any atom is 0.328 e. The zero-order chi connectivity index (χ0) is 23.3. The van der Waals surface area contributed by atoms with Crippen molar-refractivity contribution in [2.75, 3.05) is 7.11 Å². The molecule has 0 fully saturated rings. The van der Waals surface area contributed by atoms with Gasteiger partial charge in [0, 0.05) is 12.0 Å². The van der Waals surface area contributed by atoms with Crippen LogP contribution in [-0.4, -0.2) is 42.1 Å². The van der Waals surface area contributed by atoms with Crippen molar-refractivity contribution in [1.82, 2.24) is 10.6 Å². The summed E-state index contributed by atoms with van der Waals surface area (Å²) in [5.41, 5.74) is 0.911. The second kappa shape index (κ2) is 12.9. The van der Waals surface area contributed by atoms with E-state index in [1.54, 1.807) is 60.7 Å². The molecule has 2 amide bonds. The van der Waals surface area contributed by atoms with E-state index in [-0.39, 0.29) is 6.42 Å². The Balaban J connectivity index is 2.17. The third kappa shape index (κ3) is 7.22. The molecule has 2 aromatic rings. The minimum atomic E-state index is -1.66. The molecular formula is C24H27N3O5. The van der Waals surface area contributed by atoms with E-state index in [1.165, 1.54) is 7.11 Å². The molecule has 8 heteroatoms. The molecular weight excluding hydrogens is 410 g/mol. The monoisotopic (exact) mass is 437 g/mol. The predicted molar refractivity (Wildman–Crippen MR) is 117 cm³/mol. The van der Waals surface area contributed by atoms with E-state index in [2.05, 4.69) is 10.6 Å². The van der Waals surface area contributed by atoms with Crippen LogP contribution in [0.3, 0.4) is 0 Å². The van der Waals surface area contributed by atoms with Crippen molar-refractivity contribution >= 4 is 17.8 Å². The molecule has 3 N–H and O–H groups in total. The van der Waals surface area contributed by atoms with Gasteiger partial charge in [0.1, 0.15) is 6.04 Å². The first-order chi connectivity index (χ1) is 15.5. The Kier molecular flexibility index (Phi) is 9.88. The Morgan fingerprint density at radius 1 is 1.00 bits per heavy atom. The molecule has 2 rings (SSSR count). The summed E-state index contributed by atoms with van der Waals surface area (Å²) in [7, 11) is 1.21. The zero-order valence-electron chi connectivity index (χ0n) is 17.9. The minimum Gasteiger partial charge on any atom is -0.467 e. The number of aliphatic hydroxyl groups excluding tert-OH is 1. The molecule has 2 aromatic carbocycles. The summed E-state index contributed by atoms with van der Waals surface area (Å²) < 4.78 is 4.75. The fraction of sp³-hybridized carbons (Fsp3) is 0.333. The Labute approximate surface area is 187 Å². The van der Waals surface area contributed by atoms with Crippen molar-refractivity contribution in [1.29, 1.82) is 5.26 Å². The number of aliphatic hydroxyl groups is 1. The van der Waals surface area contributed by atoms with Gasteiger partial charge in [-0.2, -0.15) is 5.26 Å². The van der Waals surface area contributed by atoms with Crippen LogP contribution in [0.2, 0.25) is 0 Å². The van der Waals surface area contributed by atoms with Gasteiger partial charge in [-0.25, -0.2) is 4.79 Å². The van der Waals surface area contributed by atoms with Crippen LogP contribution in [0.5, 0.6) is 0 Å². The number of methoxy groups -OCH3 is 1. The molecule has 8 nitrogen and oxygen atoms in total. The lowest BCUT2D eigenvalue weighted by Gasteiger charge is -2.26. The summed E-state index contributed by atoms with van der Waals surface area (Å²) >= 11 is 0. The fourth-order valence-electron chi connectivity index (χ4n) is 3.17. The average molecular weight is 437 g/mol. The van der Waals surface area contributed by atoms with Crippen molar-refractivity contribution in [3.63, 3.8) is 0 Å². The van der Waals surface area contributed by atoms with Crippen LogP contribution in [0.4, 0.5) is 0 Å². The highest BCUT2D eigenvalue weighted by Crippen LogP contribution is 2.19. The van der Waals surface area contributed by atoms with Gasteiger partial charge in [0.2, 0.25) is 0 Å². The minimum absolute atomic E-state index is 0.263. The predicted octanol–water partition coefficient (Wildman–Crippen LogP) is 2.26. The molecule has 0 saturated carbocycles. The third-order valence-electron chi connectivity index (χ3n) is 4.90. The van der Waals surface area contributed by atoms with E-state index >= 15 is 0 Å². The molecule has 0 aliphatic rings. The second-order valence-corrected chi connectivity index (χ2v) is 7.16. The molecule has 0 heterocycles. The number of nitrogens with zero attached hydrogens (tertiary/aromatic N) is 1. The lowest BCUT2D eigenvalue weighted by atomic mass is 9.99. The summed E-state index contributed by atoms with van der Waals surface area (Å²) in [5.74, 6) is -1.91. The number of nitrogens with one attached hydrogen (secondary N) is 2. The number of esters is 1. The van der Waals surface area contributed by atoms with Crippen molar-refractivity contribution in [3.05, 3.63) is 71.8 Å². The molecule has 0 bridgehead atoms. The van der Waals surface area contributed by atoms with E-state index < -0.39 is 36.0 Å². The number of hydrogen-bond donors (Lipinski definition) is 3. The van der Waals surface area contributed by atoms with Gasteiger partial charge in [0.05, 0.1) is 19.2 Å². The van der Waals surface area contributed by atoms with E-state index in [4.69, 9.17) is 10.00 Å². The molecule has 0 saturated heterocycles. The van der Waals surface area contributed by atoms with Crippen LogP contribution in [0, 0.1) is 11.3 Å². The molecule has 3 atom stereocenters. The van der Waals surface area contributed by atoms with Gasteiger partial charge in [-0.15, -0.1) is 0 Å². The van der Waals surface area contributed by atoms with Gasteiger partial charge < -0.3 is 20.5 Å². The van der Waals surface area contributed by atoms with Gasteiger partial charge in [-0.3, -0.25) is 9.59 Å². The first kappa shape index (κ1) is 24.6. The number of benzene rings is 2. The van der Waals surface area contributed by atoms with Crippen LogP contribution in [0.15, 0.2) is 60.7 Å². The summed E-state index contributed by atoms with van der Waals surface area (Å²) in [5, 5.41) is 24.7. The summed E-state index contributed by atoms with van der Waals surface area (Å²) in [4.78, 5) is 37.6. The first-order valence-corrected chi connectivity index (χ1v) is 10.3. The number of nitriles is 1. The van der Waals surface area contributed by atoms with Gasteiger partial charge in [0.15, 0.2) is 6.10 Å². The lowest BCUT2D eigenvalue weighted by molar-refractivity contribution is -0.146. The van der Waals surface area contributed by atoms with E-state index in [0.717, 1.165) is 0 Å². The Bertz CT molecular complexity index is 928. The standard InChI is InChI=1S/C24H27N3O5/c1-32-24(31)19(15-9-4-10-16-25)26-23(30)21(28)20(17-11-5-2-6-12-17)27-22(29)18-13-7-3-8-14-18/h2-3,5-8,11-14,19-21,28H,4,9-10,15H2,1H3,(H,26,30)(H,27,29)/t19-,20-,21+/m0/s1. The van der Waals surface area contributed by atoms with Crippen LogP contribution < -0.4 is 10.6 Å². The molecule has 0 spiro atoms. The van der Waals surface area contributed by atoms with Crippen LogP contribution >= 0.6 is 0 Å².